The third-order valence-electron chi connectivity index (χ3n) is 2.39. The predicted molar refractivity (Wildman–Crippen MR) is 70.1 cm³/mol. The van der Waals surface area contributed by atoms with Crippen LogP contribution in [-0.2, 0) is 0 Å². The van der Waals surface area contributed by atoms with E-state index in [1.165, 1.54) is 16.7 Å². The third kappa shape index (κ3) is 3.47. The lowest BCUT2D eigenvalue weighted by Crippen LogP contribution is -2.15. The SMILES string of the molecule is CNC(C=C(C)C)c1cc(Br)ccc1C. The molecule has 1 nitrogen and oxygen atoms in total. The maximum absolute atomic E-state index is 3.51. The van der Waals surface area contributed by atoms with Crippen LogP contribution in [0.1, 0.15) is 31.0 Å². The van der Waals surface area contributed by atoms with Gasteiger partial charge in [-0.05, 0) is 51.1 Å². The molecule has 1 aromatic rings. The maximum Gasteiger partial charge on any atom is 0.0509 e. The smallest absolute Gasteiger partial charge is 0.0509 e. The molecule has 0 aliphatic carbocycles. The van der Waals surface area contributed by atoms with E-state index in [1.807, 2.05) is 7.05 Å². The quantitative estimate of drug-likeness (QED) is 0.817. The molecule has 1 N–H and O–H groups in total. The Morgan fingerprint density at radius 1 is 1.40 bits per heavy atom. The average Bonchev–Trinajstić information content (AvgIpc) is 2.18. The van der Waals surface area contributed by atoms with Gasteiger partial charge in [-0.3, -0.25) is 0 Å². The summed E-state index contributed by atoms with van der Waals surface area (Å²) in [5.41, 5.74) is 3.97. The molecule has 0 aliphatic heterocycles. The van der Waals surface area contributed by atoms with Gasteiger partial charge in [0.25, 0.3) is 0 Å². The second-order valence-electron chi connectivity index (χ2n) is 4.01. The van der Waals surface area contributed by atoms with E-state index in [4.69, 9.17) is 0 Å². The van der Waals surface area contributed by atoms with Crippen molar-refractivity contribution in [3.8, 4) is 0 Å². The fourth-order valence-corrected chi connectivity index (χ4v) is 1.99. The Labute approximate surface area is 101 Å². The van der Waals surface area contributed by atoms with Gasteiger partial charge in [-0.2, -0.15) is 0 Å². The molecule has 0 bridgehead atoms. The molecular weight excluding hydrogens is 250 g/mol. The summed E-state index contributed by atoms with van der Waals surface area (Å²) in [7, 11) is 1.99. The lowest BCUT2D eigenvalue weighted by Gasteiger charge is -2.16. The van der Waals surface area contributed by atoms with Crippen molar-refractivity contribution in [2.24, 2.45) is 0 Å². The summed E-state index contributed by atoms with van der Waals surface area (Å²) >= 11 is 3.51. The molecule has 15 heavy (non-hydrogen) atoms. The van der Waals surface area contributed by atoms with Crippen LogP contribution in [0.2, 0.25) is 0 Å². The molecule has 1 unspecified atom stereocenters. The second kappa shape index (κ2) is 5.47. The van der Waals surface area contributed by atoms with Crippen molar-refractivity contribution in [2.45, 2.75) is 26.8 Å². The number of allylic oxidation sites excluding steroid dienone is 1. The summed E-state index contributed by atoms with van der Waals surface area (Å²) in [6.07, 6.45) is 2.24. The molecule has 0 amide bonds. The molecule has 2 heteroatoms. The summed E-state index contributed by atoms with van der Waals surface area (Å²) in [5, 5.41) is 3.32. The van der Waals surface area contributed by atoms with Crippen LogP contribution in [-0.4, -0.2) is 7.05 Å². The number of hydrogen-bond donors (Lipinski definition) is 1. The Morgan fingerprint density at radius 2 is 2.07 bits per heavy atom. The lowest BCUT2D eigenvalue weighted by atomic mass is 10.00. The van der Waals surface area contributed by atoms with Crippen LogP contribution in [0.25, 0.3) is 0 Å². The first kappa shape index (κ1) is 12.5. The summed E-state index contributed by atoms with van der Waals surface area (Å²) in [6, 6.07) is 6.69. The van der Waals surface area contributed by atoms with Crippen LogP contribution >= 0.6 is 15.9 Å². The molecular formula is C13H18BrN. The summed E-state index contributed by atoms with van der Waals surface area (Å²) in [5.74, 6) is 0. The molecule has 0 aliphatic rings. The Morgan fingerprint density at radius 3 is 2.60 bits per heavy atom. The van der Waals surface area contributed by atoms with Crippen molar-refractivity contribution < 1.29 is 0 Å². The highest BCUT2D eigenvalue weighted by molar-refractivity contribution is 9.10. The number of rotatable bonds is 3. The Balaban J connectivity index is 3.11. The predicted octanol–water partition coefficient (Wildman–Crippen LogP) is 3.98. The summed E-state index contributed by atoms with van der Waals surface area (Å²) < 4.78 is 1.13. The fourth-order valence-electron chi connectivity index (χ4n) is 1.61. The lowest BCUT2D eigenvalue weighted by molar-refractivity contribution is 0.705. The molecule has 0 fully saturated rings. The van der Waals surface area contributed by atoms with Crippen LogP contribution in [0, 0.1) is 6.92 Å². The Kier molecular flexibility index (Phi) is 4.55. The molecule has 0 aromatic heterocycles. The van der Waals surface area contributed by atoms with Gasteiger partial charge < -0.3 is 5.32 Å². The largest absolute Gasteiger partial charge is 0.310 e. The second-order valence-corrected chi connectivity index (χ2v) is 4.93. The van der Waals surface area contributed by atoms with Gasteiger partial charge >= 0.3 is 0 Å². The minimum absolute atomic E-state index is 0.299. The van der Waals surface area contributed by atoms with E-state index in [9.17, 15) is 0 Å². The molecule has 0 radical (unpaired) electrons. The highest BCUT2D eigenvalue weighted by Gasteiger charge is 2.08. The molecule has 1 rings (SSSR count). The first-order chi connectivity index (χ1) is 7.04. The fraction of sp³-hybridized carbons (Fsp3) is 0.385. The van der Waals surface area contributed by atoms with Gasteiger partial charge in [0.15, 0.2) is 0 Å². The molecule has 0 saturated heterocycles. The van der Waals surface area contributed by atoms with Gasteiger partial charge in [-0.1, -0.05) is 33.6 Å². The number of halogens is 1. The van der Waals surface area contributed by atoms with Gasteiger partial charge in [-0.15, -0.1) is 0 Å². The van der Waals surface area contributed by atoms with Gasteiger partial charge in [-0.25, -0.2) is 0 Å². The van der Waals surface area contributed by atoms with Crippen LogP contribution in [0.4, 0.5) is 0 Å². The van der Waals surface area contributed by atoms with E-state index in [0.717, 1.165) is 4.47 Å². The van der Waals surface area contributed by atoms with Crippen LogP contribution < -0.4 is 5.32 Å². The maximum atomic E-state index is 3.51. The van der Waals surface area contributed by atoms with Crippen LogP contribution in [0.15, 0.2) is 34.3 Å². The van der Waals surface area contributed by atoms with Crippen molar-refractivity contribution in [3.05, 3.63) is 45.4 Å². The monoisotopic (exact) mass is 267 g/mol. The Bertz CT molecular complexity index is 365. The summed E-state index contributed by atoms with van der Waals surface area (Å²) in [6.45, 7) is 6.39. The van der Waals surface area contributed by atoms with Crippen molar-refractivity contribution in [1.82, 2.24) is 5.32 Å². The Hall–Kier alpha value is -0.600. The van der Waals surface area contributed by atoms with E-state index < -0.39 is 0 Å². The number of nitrogens with one attached hydrogen (secondary N) is 1. The van der Waals surface area contributed by atoms with Crippen molar-refractivity contribution in [3.63, 3.8) is 0 Å². The van der Waals surface area contributed by atoms with E-state index in [-0.39, 0.29) is 0 Å². The zero-order valence-electron chi connectivity index (χ0n) is 9.76. The zero-order valence-corrected chi connectivity index (χ0v) is 11.4. The number of likely N-dealkylation sites (N-methyl/N-ethyl adjacent to an activating group) is 1. The van der Waals surface area contributed by atoms with E-state index in [0.29, 0.717) is 6.04 Å². The topological polar surface area (TPSA) is 12.0 Å². The minimum Gasteiger partial charge on any atom is -0.310 e. The van der Waals surface area contributed by atoms with Crippen molar-refractivity contribution in [1.29, 1.82) is 0 Å². The molecule has 1 atom stereocenters. The van der Waals surface area contributed by atoms with Crippen LogP contribution in [0.3, 0.4) is 0 Å². The minimum atomic E-state index is 0.299. The van der Waals surface area contributed by atoms with E-state index >= 15 is 0 Å². The standard InChI is InChI=1S/C13H18BrN/c1-9(2)7-13(15-4)12-8-11(14)6-5-10(12)3/h5-8,13,15H,1-4H3. The molecule has 1 aromatic carbocycles. The van der Waals surface area contributed by atoms with Crippen LogP contribution in [0.5, 0.6) is 0 Å². The third-order valence-corrected chi connectivity index (χ3v) is 2.88. The zero-order chi connectivity index (χ0) is 11.4. The van der Waals surface area contributed by atoms with Crippen molar-refractivity contribution in [2.75, 3.05) is 7.05 Å². The molecule has 82 valence electrons. The molecule has 0 saturated carbocycles. The normalized spacial score (nSPS) is 12.3. The van der Waals surface area contributed by atoms with Crippen molar-refractivity contribution >= 4 is 15.9 Å². The number of aryl methyl sites for hydroxylation is 1. The first-order valence-corrected chi connectivity index (χ1v) is 5.92. The van der Waals surface area contributed by atoms with Gasteiger partial charge in [0.2, 0.25) is 0 Å². The molecule has 0 heterocycles. The summed E-state index contributed by atoms with van der Waals surface area (Å²) in [4.78, 5) is 0. The highest BCUT2D eigenvalue weighted by Crippen LogP contribution is 2.23. The van der Waals surface area contributed by atoms with E-state index in [1.54, 1.807) is 0 Å². The number of benzene rings is 1. The van der Waals surface area contributed by atoms with Gasteiger partial charge in [0.1, 0.15) is 0 Å². The van der Waals surface area contributed by atoms with Gasteiger partial charge in [0.05, 0.1) is 6.04 Å². The number of hydrogen-bond acceptors (Lipinski definition) is 1. The average molecular weight is 268 g/mol. The first-order valence-electron chi connectivity index (χ1n) is 5.13. The molecule has 0 spiro atoms. The van der Waals surface area contributed by atoms with E-state index in [2.05, 4.69) is 66.3 Å². The van der Waals surface area contributed by atoms with Gasteiger partial charge in [0, 0.05) is 4.47 Å². The highest BCUT2D eigenvalue weighted by atomic mass is 79.9.